The van der Waals surface area contributed by atoms with Crippen LogP contribution in [0.25, 0.3) is 28.0 Å². The fourth-order valence-corrected chi connectivity index (χ4v) is 2.92. The minimum Gasteiger partial charge on any atom is -0.378 e. The van der Waals surface area contributed by atoms with Crippen LogP contribution in [0.5, 0.6) is 0 Å². The van der Waals surface area contributed by atoms with E-state index in [0.29, 0.717) is 0 Å². The van der Waals surface area contributed by atoms with Crippen LogP contribution in [0, 0.1) is 0 Å². The molecular weight excluding hydrogens is 294 g/mol. The van der Waals surface area contributed by atoms with Crippen LogP contribution in [0.2, 0.25) is 0 Å². The van der Waals surface area contributed by atoms with E-state index in [2.05, 4.69) is 83.0 Å². The topological polar surface area (TPSA) is 20.5 Å². The monoisotopic (exact) mass is 313 g/mol. The molecule has 0 N–H and O–H groups in total. The largest absolute Gasteiger partial charge is 0.378 e. The zero-order valence-corrected chi connectivity index (χ0v) is 13.8. The highest BCUT2D eigenvalue weighted by Crippen LogP contribution is 2.26. The second kappa shape index (κ2) is 5.85. The highest BCUT2D eigenvalue weighted by molar-refractivity contribution is 5.70. The van der Waals surface area contributed by atoms with E-state index in [1.54, 1.807) is 0 Å². The number of aromatic nitrogens is 2. The molecule has 0 radical (unpaired) electrons. The van der Waals surface area contributed by atoms with Gasteiger partial charge in [-0.25, -0.2) is 4.98 Å². The molecule has 0 amide bonds. The zero-order valence-electron chi connectivity index (χ0n) is 13.8. The first-order valence-corrected chi connectivity index (χ1v) is 8.03. The van der Waals surface area contributed by atoms with Crippen LogP contribution < -0.4 is 4.90 Å². The molecule has 0 aliphatic heterocycles. The summed E-state index contributed by atoms with van der Waals surface area (Å²) in [5.74, 6) is 0.972. The first kappa shape index (κ1) is 14.5. The lowest BCUT2D eigenvalue weighted by atomic mass is 10.0. The fraction of sp³-hybridized carbons (Fsp3) is 0.0952. The van der Waals surface area contributed by atoms with Crippen LogP contribution in [0.3, 0.4) is 0 Å². The van der Waals surface area contributed by atoms with Crippen molar-refractivity contribution in [1.82, 2.24) is 9.38 Å². The average Bonchev–Trinajstić information content (AvgIpc) is 3.06. The van der Waals surface area contributed by atoms with Crippen LogP contribution in [0.4, 0.5) is 5.69 Å². The number of anilines is 1. The van der Waals surface area contributed by atoms with E-state index in [1.807, 2.05) is 24.5 Å². The van der Waals surface area contributed by atoms with Gasteiger partial charge in [0.25, 0.3) is 0 Å². The molecule has 0 saturated heterocycles. The predicted octanol–water partition coefficient (Wildman–Crippen LogP) is 4.73. The van der Waals surface area contributed by atoms with Gasteiger partial charge in [0.1, 0.15) is 5.82 Å². The molecule has 2 aromatic carbocycles. The van der Waals surface area contributed by atoms with Crippen molar-refractivity contribution in [2.45, 2.75) is 0 Å². The quantitative estimate of drug-likeness (QED) is 0.545. The Morgan fingerprint density at radius 2 is 1.38 bits per heavy atom. The lowest BCUT2D eigenvalue weighted by molar-refractivity contribution is 1.13. The number of pyridine rings is 1. The molecule has 0 spiro atoms. The lowest BCUT2D eigenvalue weighted by Gasteiger charge is -2.12. The molecule has 2 aromatic heterocycles. The highest BCUT2D eigenvalue weighted by atomic mass is 15.1. The number of imidazole rings is 1. The number of fused-ring (bicyclic) bond motifs is 1. The maximum absolute atomic E-state index is 4.56. The molecule has 0 aliphatic carbocycles. The molecular formula is C21H19N3. The van der Waals surface area contributed by atoms with E-state index in [0.717, 1.165) is 16.9 Å². The van der Waals surface area contributed by atoms with Gasteiger partial charge in [-0.05, 0) is 35.4 Å². The molecule has 24 heavy (non-hydrogen) atoms. The van der Waals surface area contributed by atoms with Gasteiger partial charge in [0.15, 0.2) is 0 Å². The van der Waals surface area contributed by atoms with Crippen LogP contribution in [-0.4, -0.2) is 23.5 Å². The van der Waals surface area contributed by atoms with E-state index in [4.69, 9.17) is 0 Å². The molecule has 0 bridgehead atoms. The van der Waals surface area contributed by atoms with Crippen LogP contribution >= 0.6 is 0 Å². The van der Waals surface area contributed by atoms with Gasteiger partial charge in [-0.15, -0.1) is 0 Å². The van der Waals surface area contributed by atoms with Crippen LogP contribution in [-0.2, 0) is 0 Å². The standard InChI is InChI=1S/C21H19N3/c1-23(2)19-12-10-17(11-13-19)16-6-8-18(9-7-16)21-22-15-20-5-3-4-14-24(20)21/h3-15H,1-2H3. The maximum Gasteiger partial charge on any atom is 0.144 e. The van der Waals surface area contributed by atoms with Crippen LogP contribution in [0.1, 0.15) is 0 Å². The Morgan fingerprint density at radius 3 is 2.04 bits per heavy atom. The zero-order chi connectivity index (χ0) is 16.5. The Bertz CT molecular complexity index is 964. The van der Waals surface area contributed by atoms with Crippen molar-refractivity contribution >= 4 is 11.2 Å². The Balaban J connectivity index is 1.67. The normalized spacial score (nSPS) is 10.9. The molecule has 3 nitrogen and oxygen atoms in total. The molecule has 4 aromatic rings. The van der Waals surface area contributed by atoms with Crippen molar-refractivity contribution < 1.29 is 0 Å². The van der Waals surface area contributed by atoms with Crippen molar-refractivity contribution in [1.29, 1.82) is 0 Å². The minimum atomic E-state index is 0.972. The van der Waals surface area contributed by atoms with Crippen molar-refractivity contribution in [3.05, 3.63) is 79.1 Å². The summed E-state index contributed by atoms with van der Waals surface area (Å²) in [6.45, 7) is 0. The molecule has 0 atom stereocenters. The Labute approximate surface area is 141 Å². The predicted molar refractivity (Wildman–Crippen MR) is 100 cm³/mol. The van der Waals surface area contributed by atoms with Gasteiger partial charge >= 0.3 is 0 Å². The van der Waals surface area contributed by atoms with E-state index >= 15 is 0 Å². The van der Waals surface area contributed by atoms with Gasteiger partial charge in [-0.3, -0.25) is 4.40 Å². The number of hydrogen-bond acceptors (Lipinski definition) is 2. The summed E-state index contributed by atoms with van der Waals surface area (Å²) in [6, 6.07) is 23.3. The van der Waals surface area contributed by atoms with Crippen molar-refractivity contribution in [2.24, 2.45) is 0 Å². The molecule has 0 unspecified atom stereocenters. The van der Waals surface area contributed by atoms with Gasteiger partial charge in [0.2, 0.25) is 0 Å². The number of hydrogen-bond donors (Lipinski definition) is 0. The Morgan fingerprint density at radius 1 is 0.750 bits per heavy atom. The van der Waals surface area contributed by atoms with Gasteiger partial charge in [0.05, 0.1) is 11.7 Å². The van der Waals surface area contributed by atoms with Crippen molar-refractivity contribution in [2.75, 3.05) is 19.0 Å². The maximum atomic E-state index is 4.56. The first-order chi connectivity index (χ1) is 11.7. The smallest absolute Gasteiger partial charge is 0.144 e. The number of rotatable bonds is 3. The van der Waals surface area contributed by atoms with Gasteiger partial charge in [-0.1, -0.05) is 42.5 Å². The summed E-state index contributed by atoms with van der Waals surface area (Å²) in [5, 5.41) is 0. The van der Waals surface area contributed by atoms with E-state index in [-0.39, 0.29) is 0 Å². The van der Waals surface area contributed by atoms with Crippen molar-refractivity contribution in [3.63, 3.8) is 0 Å². The number of benzene rings is 2. The lowest BCUT2D eigenvalue weighted by Crippen LogP contribution is -2.07. The molecule has 118 valence electrons. The average molecular weight is 313 g/mol. The summed E-state index contributed by atoms with van der Waals surface area (Å²) < 4.78 is 2.11. The number of nitrogens with zero attached hydrogens (tertiary/aromatic N) is 3. The SMILES string of the molecule is CN(C)c1ccc(-c2ccc(-c3ncc4ccccn34)cc2)cc1. The van der Waals surface area contributed by atoms with Gasteiger partial charge < -0.3 is 4.90 Å². The van der Waals surface area contributed by atoms with Crippen LogP contribution in [0.15, 0.2) is 79.1 Å². The third-order valence-corrected chi connectivity index (χ3v) is 4.30. The molecule has 2 heterocycles. The second-order valence-electron chi connectivity index (χ2n) is 6.10. The third kappa shape index (κ3) is 2.54. The first-order valence-electron chi connectivity index (χ1n) is 8.03. The minimum absolute atomic E-state index is 0.972. The van der Waals surface area contributed by atoms with E-state index in [1.165, 1.54) is 16.8 Å². The molecule has 0 aliphatic rings. The Hall–Kier alpha value is -3.07. The Kier molecular flexibility index (Phi) is 3.54. The van der Waals surface area contributed by atoms with Crippen molar-refractivity contribution in [3.8, 4) is 22.5 Å². The summed E-state index contributed by atoms with van der Waals surface area (Å²) in [6.07, 6.45) is 3.95. The van der Waals surface area contributed by atoms with E-state index in [9.17, 15) is 0 Å². The molecule has 3 heteroatoms. The second-order valence-corrected chi connectivity index (χ2v) is 6.10. The highest BCUT2D eigenvalue weighted by Gasteiger charge is 2.06. The van der Waals surface area contributed by atoms with Gasteiger partial charge in [-0.2, -0.15) is 0 Å². The third-order valence-electron chi connectivity index (χ3n) is 4.30. The summed E-state index contributed by atoms with van der Waals surface area (Å²) in [4.78, 5) is 6.66. The fourth-order valence-electron chi connectivity index (χ4n) is 2.92. The summed E-state index contributed by atoms with van der Waals surface area (Å²) in [5.41, 5.74) is 5.87. The molecule has 0 saturated carbocycles. The summed E-state index contributed by atoms with van der Waals surface area (Å²) >= 11 is 0. The van der Waals surface area contributed by atoms with Gasteiger partial charge in [0, 0.05) is 31.5 Å². The summed E-state index contributed by atoms with van der Waals surface area (Å²) in [7, 11) is 4.11. The molecule has 0 fully saturated rings. The van der Waals surface area contributed by atoms with E-state index < -0.39 is 0 Å². The molecule has 4 rings (SSSR count).